The van der Waals surface area contributed by atoms with Crippen molar-refractivity contribution in [2.45, 2.75) is 12.7 Å². The number of hydrogen-bond donors (Lipinski definition) is 1. The van der Waals surface area contributed by atoms with Gasteiger partial charge in [-0.05, 0) is 36.4 Å². The van der Waals surface area contributed by atoms with Crippen LogP contribution in [0.2, 0.25) is 0 Å². The number of anilines is 1. The summed E-state index contributed by atoms with van der Waals surface area (Å²) in [6, 6.07) is 10.4. The molecule has 0 radical (unpaired) electrons. The highest BCUT2D eigenvalue weighted by Gasteiger charge is 2.30. The number of hydrogen-bond acceptors (Lipinski definition) is 4. The van der Waals surface area contributed by atoms with Crippen molar-refractivity contribution in [3.05, 3.63) is 65.8 Å². The van der Waals surface area contributed by atoms with Gasteiger partial charge in [-0.15, -0.1) is 0 Å². The van der Waals surface area contributed by atoms with Crippen LogP contribution in [-0.4, -0.2) is 10.1 Å². The van der Waals surface area contributed by atoms with Gasteiger partial charge in [0, 0.05) is 11.3 Å². The third-order valence-electron chi connectivity index (χ3n) is 3.20. The zero-order valence-corrected chi connectivity index (χ0v) is 12.1. The van der Waals surface area contributed by atoms with Crippen molar-refractivity contribution in [3.8, 4) is 11.4 Å². The van der Waals surface area contributed by atoms with Gasteiger partial charge in [-0.3, -0.25) is 0 Å². The van der Waals surface area contributed by atoms with Crippen LogP contribution in [0.25, 0.3) is 11.4 Å². The molecule has 124 valence electrons. The van der Waals surface area contributed by atoms with Crippen molar-refractivity contribution in [2.75, 3.05) is 5.32 Å². The molecule has 0 bridgehead atoms. The Bertz CT molecular complexity index is 828. The third-order valence-corrected chi connectivity index (χ3v) is 3.20. The summed E-state index contributed by atoms with van der Waals surface area (Å²) in [6.45, 7) is 0.164. The minimum absolute atomic E-state index is 0.0667. The van der Waals surface area contributed by atoms with E-state index >= 15 is 0 Å². The SMILES string of the molecule is Fc1ccc(NCc2nc(-c3cccc(C(F)(F)F)c3)no2)cc1. The number of benzene rings is 2. The van der Waals surface area contributed by atoms with Gasteiger partial charge in [0.05, 0.1) is 12.1 Å². The molecule has 1 heterocycles. The Kier molecular flexibility index (Phi) is 4.20. The molecule has 1 aromatic heterocycles. The molecule has 0 fully saturated rings. The van der Waals surface area contributed by atoms with Crippen LogP contribution in [0.3, 0.4) is 0 Å². The van der Waals surface area contributed by atoms with E-state index in [1.807, 2.05) is 0 Å². The van der Waals surface area contributed by atoms with Crippen molar-refractivity contribution < 1.29 is 22.1 Å². The van der Waals surface area contributed by atoms with Gasteiger partial charge in [-0.25, -0.2) is 4.39 Å². The van der Waals surface area contributed by atoms with Gasteiger partial charge in [0.25, 0.3) is 0 Å². The third kappa shape index (κ3) is 3.70. The molecule has 0 amide bonds. The molecule has 0 aliphatic heterocycles. The van der Waals surface area contributed by atoms with Crippen molar-refractivity contribution in [1.29, 1.82) is 0 Å². The van der Waals surface area contributed by atoms with Crippen LogP contribution in [-0.2, 0) is 12.7 Å². The first-order valence-corrected chi connectivity index (χ1v) is 6.91. The van der Waals surface area contributed by atoms with E-state index in [0.717, 1.165) is 12.1 Å². The highest BCUT2D eigenvalue weighted by atomic mass is 19.4. The van der Waals surface area contributed by atoms with Gasteiger partial charge in [0.2, 0.25) is 11.7 Å². The fourth-order valence-corrected chi connectivity index (χ4v) is 2.02. The van der Waals surface area contributed by atoms with E-state index in [1.54, 1.807) is 12.1 Å². The number of rotatable bonds is 4. The summed E-state index contributed by atoms with van der Waals surface area (Å²) in [5.74, 6) is -0.0890. The zero-order chi connectivity index (χ0) is 17.2. The smallest absolute Gasteiger partial charge is 0.376 e. The van der Waals surface area contributed by atoms with E-state index in [4.69, 9.17) is 4.52 Å². The molecule has 0 saturated carbocycles. The van der Waals surface area contributed by atoms with E-state index in [2.05, 4.69) is 15.5 Å². The molecular formula is C16H11F4N3O. The predicted molar refractivity (Wildman–Crippen MR) is 78.5 cm³/mol. The Hall–Kier alpha value is -2.90. The van der Waals surface area contributed by atoms with Crippen LogP contribution >= 0.6 is 0 Å². The fraction of sp³-hybridized carbons (Fsp3) is 0.125. The van der Waals surface area contributed by atoms with E-state index < -0.39 is 11.7 Å². The molecule has 0 saturated heterocycles. The number of nitrogens with zero attached hydrogens (tertiary/aromatic N) is 2. The lowest BCUT2D eigenvalue weighted by Crippen LogP contribution is -2.04. The lowest BCUT2D eigenvalue weighted by Gasteiger charge is -2.06. The first-order valence-electron chi connectivity index (χ1n) is 6.91. The second-order valence-corrected chi connectivity index (χ2v) is 4.95. The number of halogens is 4. The van der Waals surface area contributed by atoms with Gasteiger partial charge in [-0.1, -0.05) is 17.3 Å². The molecule has 0 spiro atoms. The molecule has 1 N–H and O–H groups in total. The molecule has 0 aliphatic carbocycles. The second-order valence-electron chi connectivity index (χ2n) is 4.95. The molecule has 3 rings (SSSR count). The van der Waals surface area contributed by atoms with Crippen LogP contribution in [0, 0.1) is 5.82 Å². The Labute approximate surface area is 134 Å². The summed E-state index contributed by atoms with van der Waals surface area (Å²) in [6.07, 6.45) is -4.44. The van der Waals surface area contributed by atoms with E-state index in [-0.39, 0.29) is 29.6 Å². The Morgan fingerprint density at radius 1 is 1.04 bits per heavy atom. The van der Waals surface area contributed by atoms with Crippen LogP contribution in [0.15, 0.2) is 53.1 Å². The van der Waals surface area contributed by atoms with E-state index in [0.29, 0.717) is 5.69 Å². The van der Waals surface area contributed by atoms with Gasteiger partial charge in [0.1, 0.15) is 5.82 Å². The molecule has 0 unspecified atom stereocenters. The second kappa shape index (κ2) is 6.31. The molecular weight excluding hydrogens is 326 g/mol. The van der Waals surface area contributed by atoms with Crippen molar-refractivity contribution in [2.24, 2.45) is 0 Å². The largest absolute Gasteiger partial charge is 0.416 e. The molecule has 2 aromatic carbocycles. The molecule has 0 aliphatic rings. The van der Waals surface area contributed by atoms with Gasteiger partial charge in [0.15, 0.2) is 0 Å². The highest BCUT2D eigenvalue weighted by Crippen LogP contribution is 2.31. The quantitative estimate of drug-likeness (QED) is 0.712. The normalized spacial score (nSPS) is 11.5. The summed E-state index contributed by atoms with van der Waals surface area (Å²) in [5.41, 5.74) is 0.0765. The summed E-state index contributed by atoms with van der Waals surface area (Å²) in [5, 5.41) is 6.63. The summed E-state index contributed by atoms with van der Waals surface area (Å²) < 4.78 is 56.0. The lowest BCUT2D eigenvalue weighted by atomic mass is 10.1. The van der Waals surface area contributed by atoms with Crippen molar-refractivity contribution in [3.63, 3.8) is 0 Å². The summed E-state index contributed by atoms with van der Waals surface area (Å²) >= 11 is 0. The zero-order valence-electron chi connectivity index (χ0n) is 12.1. The molecule has 8 heteroatoms. The summed E-state index contributed by atoms with van der Waals surface area (Å²) in [4.78, 5) is 4.05. The maximum absolute atomic E-state index is 12.8. The number of aromatic nitrogens is 2. The maximum Gasteiger partial charge on any atom is 0.416 e. The fourth-order valence-electron chi connectivity index (χ4n) is 2.02. The average molecular weight is 337 g/mol. The molecule has 3 aromatic rings. The standard InChI is InChI=1S/C16H11F4N3O/c17-12-4-6-13(7-5-12)21-9-14-22-15(23-24-14)10-2-1-3-11(8-10)16(18,19)20/h1-8,21H,9H2. The Morgan fingerprint density at radius 2 is 1.79 bits per heavy atom. The lowest BCUT2D eigenvalue weighted by molar-refractivity contribution is -0.137. The van der Waals surface area contributed by atoms with Gasteiger partial charge >= 0.3 is 6.18 Å². The van der Waals surface area contributed by atoms with Crippen LogP contribution in [0.1, 0.15) is 11.5 Å². The van der Waals surface area contributed by atoms with Gasteiger partial charge < -0.3 is 9.84 Å². The van der Waals surface area contributed by atoms with Crippen LogP contribution < -0.4 is 5.32 Å². The highest BCUT2D eigenvalue weighted by molar-refractivity contribution is 5.55. The Balaban J connectivity index is 1.72. The summed E-state index contributed by atoms with van der Waals surface area (Å²) in [7, 11) is 0. The topological polar surface area (TPSA) is 51.0 Å². The Morgan fingerprint density at radius 3 is 2.50 bits per heavy atom. The van der Waals surface area contributed by atoms with Crippen LogP contribution in [0.4, 0.5) is 23.2 Å². The van der Waals surface area contributed by atoms with E-state index in [9.17, 15) is 17.6 Å². The minimum Gasteiger partial charge on any atom is -0.376 e. The van der Waals surface area contributed by atoms with Crippen molar-refractivity contribution >= 4 is 5.69 Å². The predicted octanol–water partition coefficient (Wildman–Crippen LogP) is 4.51. The molecule has 4 nitrogen and oxygen atoms in total. The maximum atomic E-state index is 12.8. The number of nitrogens with one attached hydrogen (secondary N) is 1. The average Bonchev–Trinajstić information content (AvgIpc) is 3.03. The molecule has 0 atom stereocenters. The van der Waals surface area contributed by atoms with Crippen molar-refractivity contribution in [1.82, 2.24) is 10.1 Å². The number of alkyl halides is 3. The first kappa shape index (κ1) is 16.0. The van der Waals surface area contributed by atoms with E-state index in [1.165, 1.54) is 24.3 Å². The monoisotopic (exact) mass is 337 g/mol. The molecule has 24 heavy (non-hydrogen) atoms. The minimum atomic E-state index is -4.44. The first-order chi connectivity index (χ1) is 11.4. The van der Waals surface area contributed by atoms with Crippen LogP contribution in [0.5, 0.6) is 0 Å². The van der Waals surface area contributed by atoms with Gasteiger partial charge in [-0.2, -0.15) is 18.2 Å².